The van der Waals surface area contributed by atoms with Gasteiger partial charge >= 0.3 is 17.9 Å². The van der Waals surface area contributed by atoms with E-state index in [2.05, 4.69) is 19.1 Å². The predicted octanol–water partition coefficient (Wildman–Crippen LogP) is 6.61. The molecule has 0 saturated carbocycles. The van der Waals surface area contributed by atoms with Crippen molar-refractivity contribution < 1.29 is 34.2 Å². The number of allylic oxidation sites excluding steroid dienone is 2. The first-order valence-corrected chi connectivity index (χ1v) is 14.2. The molecule has 0 spiro atoms. The van der Waals surface area contributed by atoms with Gasteiger partial charge in [-0.2, -0.15) is 0 Å². The maximum absolute atomic E-state index is 11.4. The van der Waals surface area contributed by atoms with Crippen LogP contribution in [-0.2, 0) is 14.4 Å². The summed E-state index contributed by atoms with van der Waals surface area (Å²) in [5.74, 6) is -3.93. The van der Waals surface area contributed by atoms with E-state index < -0.39 is 35.7 Å². The van der Waals surface area contributed by atoms with Gasteiger partial charge < -0.3 is 19.8 Å². The number of quaternary nitrogens is 1. The van der Waals surface area contributed by atoms with Crippen molar-refractivity contribution in [3.63, 3.8) is 0 Å². The molecule has 0 fully saturated rings. The molecule has 0 amide bonds. The van der Waals surface area contributed by atoms with Crippen LogP contribution in [0.25, 0.3) is 0 Å². The largest absolute Gasteiger partial charge is 0.481 e. The Kier molecular flexibility index (Phi) is 19.1. The first kappa shape index (κ1) is 34.1. The van der Waals surface area contributed by atoms with E-state index in [1.165, 1.54) is 25.7 Å². The molecule has 0 bridgehead atoms. The van der Waals surface area contributed by atoms with Crippen molar-refractivity contribution in [2.24, 2.45) is 17.8 Å². The molecule has 210 valence electrons. The molecule has 0 saturated heterocycles. The summed E-state index contributed by atoms with van der Waals surface area (Å²) in [5, 5.41) is 28.1. The number of rotatable bonds is 24. The average molecular weight is 513 g/mol. The van der Waals surface area contributed by atoms with Crippen LogP contribution in [0.5, 0.6) is 0 Å². The molecule has 3 unspecified atom stereocenters. The lowest BCUT2D eigenvalue weighted by Gasteiger charge is -2.40. The van der Waals surface area contributed by atoms with Gasteiger partial charge in [0.05, 0.1) is 43.9 Å². The molecule has 0 aromatic carbocycles. The van der Waals surface area contributed by atoms with E-state index in [1.54, 1.807) is 20.8 Å². The molecule has 0 aromatic rings. The highest BCUT2D eigenvalue weighted by atomic mass is 16.4. The first-order valence-electron chi connectivity index (χ1n) is 14.2. The summed E-state index contributed by atoms with van der Waals surface area (Å²) in [4.78, 5) is 34.3. The molecule has 0 rings (SSSR count). The van der Waals surface area contributed by atoms with Gasteiger partial charge in [0.1, 0.15) is 0 Å². The molecule has 0 aliphatic carbocycles. The fourth-order valence-electron chi connectivity index (χ4n) is 4.43. The number of unbranched alkanes of at least 4 members (excludes halogenated alkanes) is 8. The number of carbonyl (C=O) groups is 3. The lowest BCUT2D eigenvalue weighted by Crippen LogP contribution is -2.52. The van der Waals surface area contributed by atoms with E-state index >= 15 is 0 Å². The molecule has 7 heteroatoms. The summed E-state index contributed by atoms with van der Waals surface area (Å²) in [7, 11) is 0. The minimum atomic E-state index is -0.829. The Morgan fingerprint density at radius 3 is 1.31 bits per heavy atom. The third-order valence-electron chi connectivity index (χ3n) is 7.52. The Morgan fingerprint density at radius 2 is 0.944 bits per heavy atom. The number of carboxylic acid groups (broad SMARTS) is 3. The van der Waals surface area contributed by atoms with Crippen molar-refractivity contribution in [2.75, 3.05) is 26.2 Å². The van der Waals surface area contributed by atoms with Crippen LogP contribution < -0.4 is 0 Å². The lowest BCUT2D eigenvalue weighted by molar-refractivity contribution is -0.929. The summed E-state index contributed by atoms with van der Waals surface area (Å²) >= 11 is 0. The topological polar surface area (TPSA) is 112 Å². The molecule has 3 N–H and O–H groups in total. The third kappa shape index (κ3) is 16.7. The number of carboxylic acids is 3. The van der Waals surface area contributed by atoms with Crippen molar-refractivity contribution in [1.29, 1.82) is 0 Å². The number of nitrogens with zero attached hydrogens (tertiary/aromatic N) is 1. The number of hydrogen-bond acceptors (Lipinski definition) is 3. The number of hydrogen-bond donors (Lipinski definition) is 3. The van der Waals surface area contributed by atoms with E-state index in [0.717, 1.165) is 45.1 Å². The summed E-state index contributed by atoms with van der Waals surface area (Å²) < 4.78 is 0.602. The molecule has 0 aliphatic rings. The van der Waals surface area contributed by atoms with Gasteiger partial charge in [0.2, 0.25) is 0 Å². The zero-order chi connectivity index (χ0) is 27.4. The highest BCUT2D eigenvalue weighted by Crippen LogP contribution is 2.21. The molecular weight excluding hydrogens is 458 g/mol. The molecule has 7 nitrogen and oxygen atoms in total. The Labute approximate surface area is 219 Å². The van der Waals surface area contributed by atoms with Gasteiger partial charge in [0.15, 0.2) is 0 Å². The fourth-order valence-corrected chi connectivity index (χ4v) is 4.43. The average Bonchev–Trinajstić information content (AvgIpc) is 2.84. The Morgan fingerprint density at radius 1 is 0.583 bits per heavy atom. The van der Waals surface area contributed by atoms with E-state index in [1.807, 2.05) is 0 Å². The van der Waals surface area contributed by atoms with Crippen molar-refractivity contribution >= 4 is 17.9 Å². The van der Waals surface area contributed by atoms with E-state index in [9.17, 15) is 29.7 Å². The van der Waals surface area contributed by atoms with Crippen molar-refractivity contribution in [3.05, 3.63) is 12.2 Å². The zero-order valence-electron chi connectivity index (χ0n) is 23.4. The summed E-state index contributed by atoms with van der Waals surface area (Å²) in [6.45, 7) is 10.1. The van der Waals surface area contributed by atoms with Crippen LogP contribution in [0, 0.1) is 17.8 Å². The lowest BCUT2D eigenvalue weighted by atomic mass is 10.0. The highest BCUT2D eigenvalue weighted by Gasteiger charge is 2.31. The van der Waals surface area contributed by atoms with Crippen LogP contribution in [0.15, 0.2) is 12.2 Å². The molecule has 0 radical (unpaired) electrons. The van der Waals surface area contributed by atoms with Gasteiger partial charge in [0, 0.05) is 19.3 Å². The fraction of sp³-hybridized carbons (Fsp3) is 0.828. The van der Waals surface area contributed by atoms with Crippen LogP contribution in [0.4, 0.5) is 0 Å². The second kappa shape index (κ2) is 20.2. The van der Waals surface area contributed by atoms with Crippen LogP contribution in [0.2, 0.25) is 0 Å². The van der Waals surface area contributed by atoms with Gasteiger partial charge in [-0.3, -0.25) is 14.4 Å². The molecule has 0 heterocycles. The second-order valence-electron chi connectivity index (χ2n) is 10.8. The van der Waals surface area contributed by atoms with Crippen molar-refractivity contribution in [2.45, 2.75) is 111 Å². The van der Waals surface area contributed by atoms with Gasteiger partial charge in [-0.25, -0.2) is 0 Å². The first-order chi connectivity index (χ1) is 17.0. The van der Waals surface area contributed by atoms with E-state index in [4.69, 9.17) is 0 Å². The standard InChI is InChI=1S/C29H53NO6/c1-5-6-7-8-9-10-11-12-13-14-15-16-20-30(21-17-24(2)27(31)32,22-18-25(3)28(33)34)23-19-26(4)29(35)36/h10-11,24-26H,5-9,12-23H2,1-4H3,(H2-,31,32,33,34,35,36)/p+1/b11-10+. The van der Waals surface area contributed by atoms with Crippen LogP contribution in [0.3, 0.4) is 0 Å². The highest BCUT2D eigenvalue weighted by molar-refractivity contribution is 5.70. The zero-order valence-corrected chi connectivity index (χ0v) is 23.4. The Hall–Kier alpha value is -1.89. The van der Waals surface area contributed by atoms with Gasteiger partial charge in [-0.05, 0) is 38.5 Å². The molecular formula is C29H54NO6+. The van der Waals surface area contributed by atoms with E-state index in [-0.39, 0.29) is 0 Å². The summed E-state index contributed by atoms with van der Waals surface area (Å²) in [6.07, 6.45) is 17.8. The Balaban J connectivity index is 4.97. The quantitative estimate of drug-likeness (QED) is 0.0762. The summed E-state index contributed by atoms with van der Waals surface area (Å²) in [5.41, 5.74) is 0. The third-order valence-corrected chi connectivity index (χ3v) is 7.52. The van der Waals surface area contributed by atoms with Gasteiger partial charge in [-0.1, -0.05) is 65.5 Å². The maximum atomic E-state index is 11.4. The van der Waals surface area contributed by atoms with Crippen molar-refractivity contribution in [1.82, 2.24) is 0 Å². The van der Waals surface area contributed by atoms with Crippen LogP contribution in [0.1, 0.15) is 111 Å². The van der Waals surface area contributed by atoms with Gasteiger partial charge in [-0.15, -0.1) is 0 Å². The monoisotopic (exact) mass is 512 g/mol. The van der Waals surface area contributed by atoms with Crippen molar-refractivity contribution in [3.8, 4) is 0 Å². The maximum Gasteiger partial charge on any atom is 0.306 e. The SMILES string of the molecule is CCCCCC/C=C/CCCCCC[N+](CCC(C)C(=O)O)(CCC(C)C(=O)O)CCC(C)C(=O)O. The molecule has 36 heavy (non-hydrogen) atoms. The van der Waals surface area contributed by atoms with E-state index in [0.29, 0.717) is 43.4 Å². The molecule has 3 atom stereocenters. The number of aliphatic carboxylic acids is 3. The minimum absolute atomic E-state index is 0.481. The smallest absolute Gasteiger partial charge is 0.306 e. The predicted molar refractivity (Wildman–Crippen MR) is 145 cm³/mol. The van der Waals surface area contributed by atoms with Crippen LogP contribution >= 0.6 is 0 Å². The molecule has 0 aliphatic heterocycles. The van der Waals surface area contributed by atoms with Gasteiger partial charge in [0.25, 0.3) is 0 Å². The normalized spacial score (nSPS) is 15.9. The van der Waals surface area contributed by atoms with Crippen LogP contribution in [-0.4, -0.2) is 63.9 Å². The second-order valence-corrected chi connectivity index (χ2v) is 10.8. The molecule has 0 aromatic heterocycles. The Bertz CT molecular complexity index is 588. The summed E-state index contributed by atoms with van der Waals surface area (Å²) in [6, 6.07) is 0. The minimum Gasteiger partial charge on any atom is -0.481 e.